The SMILES string of the molecule is COc1ccc(OC2CCCOC2)cc1N. The van der Waals surface area contributed by atoms with Crippen LogP contribution in [0.5, 0.6) is 11.5 Å². The first kappa shape index (κ1) is 11.1. The fraction of sp³-hybridized carbons (Fsp3) is 0.500. The molecule has 1 aromatic carbocycles. The number of anilines is 1. The molecule has 1 unspecified atom stereocenters. The normalized spacial score (nSPS) is 20.4. The third kappa shape index (κ3) is 2.58. The molecule has 0 aliphatic carbocycles. The number of benzene rings is 1. The van der Waals surface area contributed by atoms with Gasteiger partial charge in [0.05, 0.1) is 19.4 Å². The van der Waals surface area contributed by atoms with E-state index in [1.807, 2.05) is 12.1 Å². The van der Waals surface area contributed by atoms with Gasteiger partial charge in [0.1, 0.15) is 17.6 Å². The molecular weight excluding hydrogens is 206 g/mol. The number of hydrogen-bond acceptors (Lipinski definition) is 4. The number of nitrogens with two attached hydrogens (primary N) is 1. The molecule has 1 heterocycles. The lowest BCUT2D eigenvalue weighted by Gasteiger charge is -2.23. The molecule has 0 radical (unpaired) electrons. The molecule has 2 N–H and O–H groups in total. The van der Waals surface area contributed by atoms with E-state index in [1.165, 1.54) is 0 Å². The van der Waals surface area contributed by atoms with E-state index in [2.05, 4.69) is 0 Å². The van der Waals surface area contributed by atoms with Crippen molar-refractivity contribution in [2.75, 3.05) is 26.1 Å². The lowest BCUT2D eigenvalue weighted by molar-refractivity contribution is 0.00744. The van der Waals surface area contributed by atoms with Gasteiger partial charge in [-0.2, -0.15) is 0 Å². The lowest BCUT2D eigenvalue weighted by Crippen LogP contribution is -2.27. The zero-order valence-electron chi connectivity index (χ0n) is 9.44. The zero-order valence-corrected chi connectivity index (χ0v) is 9.44. The predicted octanol–water partition coefficient (Wildman–Crippen LogP) is 1.84. The van der Waals surface area contributed by atoms with Gasteiger partial charge >= 0.3 is 0 Å². The predicted molar refractivity (Wildman–Crippen MR) is 61.9 cm³/mol. The van der Waals surface area contributed by atoms with E-state index in [0.717, 1.165) is 25.2 Å². The van der Waals surface area contributed by atoms with Gasteiger partial charge in [-0.15, -0.1) is 0 Å². The fourth-order valence-corrected chi connectivity index (χ4v) is 1.78. The van der Waals surface area contributed by atoms with Gasteiger partial charge in [-0.05, 0) is 25.0 Å². The molecule has 0 bridgehead atoms. The van der Waals surface area contributed by atoms with Crippen LogP contribution in [0.1, 0.15) is 12.8 Å². The second-order valence-corrected chi connectivity index (χ2v) is 3.86. The van der Waals surface area contributed by atoms with E-state index in [9.17, 15) is 0 Å². The molecule has 4 heteroatoms. The van der Waals surface area contributed by atoms with Gasteiger partial charge in [-0.1, -0.05) is 0 Å². The van der Waals surface area contributed by atoms with Crippen LogP contribution in [0.2, 0.25) is 0 Å². The molecule has 0 aromatic heterocycles. The minimum atomic E-state index is 0.140. The number of hydrogen-bond donors (Lipinski definition) is 1. The Morgan fingerprint density at radius 2 is 2.31 bits per heavy atom. The molecule has 1 aromatic rings. The zero-order chi connectivity index (χ0) is 11.4. The van der Waals surface area contributed by atoms with Crippen LogP contribution in [0, 0.1) is 0 Å². The monoisotopic (exact) mass is 223 g/mol. The van der Waals surface area contributed by atoms with E-state index >= 15 is 0 Å². The number of ether oxygens (including phenoxy) is 3. The van der Waals surface area contributed by atoms with E-state index < -0.39 is 0 Å². The average Bonchev–Trinajstić information content (AvgIpc) is 2.31. The highest BCUT2D eigenvalue weighted by Crippen LogP contribution is 2.27. The molecule has 2 rings (SSSR count). The van der Waals surface area contributed by atoms with Gasteiger partial charge in [0.15, 0.2) is 0 Å². The smallest absolute Gasteiger partial charge is 0.142 e. The summed E-state index contributed by atoms with van der Waals surface area (Å²) in [5.41, 5.74) is 6.39. The quantitative estimate of drug-likeness (QED) is 0.794. The molecule has 1 atom stereocenters. The van der Waals surface area contributed by atoms with Crippen LogP contribution in [0.15, 0.2) is 18.2 Å². The van der Waals surface area contributed by atoms with Crippen molar-refractivity contribution in [1.82, 2.24) is 0 Å². The molecule has 0 spiro atoms. The largest absolute Gasteiger partial charge is 0.495 e. The molecule has 1 fully saturated rings. The topological polar surface area (TPSA) is 53.7 Å². The van der Waals surface area contributed by atoms with Gasteiger partial charge in [0.2, 0.25) is 0 Å². The Morgan fingerprint density at radius 3 is 2.94 bits per heavy atom. The van der Waals surface area contributed by atoms with Gasteiger partial charge < -0.3 is 19.9 Å². The Balaban J connectivity index is 2.01. The third-order valence-electron chi connectivity index (χ3n) is 2.62. The minimum absolute atomic E-state index is 0.140. The summed E-state index contributed by atoms with van der Waals surface area (Å²) in [4.78, 5) is 0. The molecule has 88 valence electrons. The van der Waals surface area contributed by atoms with Gasteiger partial charge in [-0.3, -0.25) is 0 Å². The van der Waals surface area contributed by atoms with E-state index in [-0.39, 0.29) is 6.10 Å². The second-order valence-electron chi connectivity index (χ2n) is 3.86. The van der Waals surface area contributed by atoms with E-state index in [1.54, 1.807) is 13.2 Å². The van der Waals surface area contributed by atoms with Crippen molar-refractivity contribution in [3.05, 3.63) is 18.2 Å². The van der Waals surface area contributed by atoms with Crippen molar-refractivity contribution < 1.29 is 14.2 Å². The Kier molecular flexibility index (Phi) is 3.51. The highest BCUT2D eigenvalue weighted by molar-refractivity contribution is 5.56. The maximum atomic E-state index is 5.80. The summed E-state index contributed by atoms with van der Waals surface area (Å²) in [6.45, 7) is 1.50. The molecule has 1 saturated heterocycles. The van der Waals surface area contributed by atoms with E-state index in [4.69, 9.17) is 19.9 Å². The molecule has 16 heavy (non-hydrogen) atoms. The number of rotatable bonds is 3. The molecule has 0 saturated carbocycles. The summed E-state index contributed by atoms with van der Waals surface area (Å²) in [6, 6.07) is 5.46. The molecular formula is C12H17NO3. The summed E-state index contributed by atoms with van der Waals surface area (Å²) < 4.78 is 16.2. The first-order chi connectivity index (χ1) is 7.79. The Bertz CT molecular complexity index is 348. The number of methoxy groups -OCH3 is 1. The molecule has 0 amide bonds. The van der Waals surface area contributed by atoms with Crippen molar-refractivity contribution in [3.63, 3.8) is 0 Å². The standard InChI is InChI=1S/C12H17NO3/c1-14-12-5-4-9(7-11(12)13)16-10-3-2-6-15-8-10/h4-5,7,10H,2-3,6,8,13H2,1H3. The molecule has 4 nitrogen and oxygen atoms in total. The highest BCUT2D eigenvalue weighted by Gasteiger charge is 2.15. The second kappa shape index (κ2) is 5.07. The van der Waals surface area contributed by atoms with Gasteiger partial charge in [0.25, 0.3) is 0 Å². The van der Waals surface area contributed by atoms with Crippen LogP contribution in [0.25, 0.3) is 0 Å². The van der Waals surface area contributed by atoms with Crippen LogP contribution in [0.4, 0.5) is 5.69 Å². The van der Waals surface area contributed by atoms with Gasteiger partial charge in [0, 0.05) is 12.7 Å². The number of nitrogen functional groups attached to an aromatic ring is 1. The average molecular weight is 223 g/mol. The maximum absolute atomic E-state index is 5.80. The third-order valence-corrected chi connectivity index (χ3v) is 2.62. The van der Waals surface area contributed by atoms with Crippen molar-refractivity contribution >= 4 is 5.69 Å². The summed E-state index contributed by atoms with van der Waals surface area (Å²) in [7, 11) is 1.60. The van der Waals surface area contributed by atoms with Crippen LogP contribution >= 0.6 is 0 Å². The van der Waals surface area contributed by atoms with Crippen LogP contribution in [-0.2, 0) is 4.74 Å². The summed E-state index contributed by atoms with van der Waals surface area (Å²) in [5, 5.41) is 0. The van der Waals surface area contributed by atoms with Crippen LogP contribution in [0.3, 0.4) is 0 Å². The minimum Gasteiger partial charge on any atom is -0.495 e. The van der Waals surface area contributed by atoms with Crippen molar-refractivity contribution in [2.24, 2.45) is 0 Å². The summed E-state index contributed by atoms with van der Waals surface area (Å²) in [6.07, 6.45) is 2.23. The first-order valence-electron chi connectivity index (χ1n) is 5.47. The van der Waals surface area contributed by atoms with Crippen molar-refractivity contribution in [2.45, 2.75) is 18.9 Å². The Morgan fingerprint density at radius 1 is 1.44 bits per heavy atom. The fourth-order valence-electron chi connectivity index (χ4n) is 1.78. The summed E-state index contributed by atoms with van der Waals surface area (Å²) in [5.74, 6) is 1.45. The Labute approximate surface area is 95.3 Å². The van der Waals surface area contributed by atoms with Gasteiger partial charge in [-0.25, -0.2) is 0 Å². The van der Waals surface area contributed by atoms with Crippen molar-refractivity contribution in [3.8, 4) is 11.5 Å². The summed E-state index contributed by atoms with van der Waals surface area (Å²) >= 11 is 0. The maximum Gasteiger partial charge on any atom is 0.142 e. The van der Waals surface area contributed by atoms with Crippen molar-refractivity contribution in [1.29, 1.82) is 0 Å². The van der Waals surface area contributed by atoms with Crippen LogP contribution < -0.4 is 15.2 Å². The first-order valence-corrected chi connectivity index (χ1v) is 5.47. The lowest BCUT2D eigenvalue weighted by atomic mass is 10.2. The molecule has 1 aliphatic heterocycles. The van der Waals surface area contributed by atoms with Crippen LogP contribution in [-0.4, -0.2) is 26.4 Å². The van der Waals surface area contributed by atoms with E-state index in [0.29, 0.717) is 18.0 Å². The highest BCUT2D eigenvalue weighted by atomic mass is 16.5. The molecule has 1 aliphatic rings. The Hall–Kier alpha value is -1.42.